The Kier molecular flexibility index (Phi) is 10.7. The SMILES string of the molecule is CCOC(C)(C)C=C(C#N)C(=O)N1CCC[C@@H]1Cn1c(NC(=O)c2ccc(C(F)F)s2)nc2cc(CNCC(C)(C)C)cnc21. The van der Waals surface area contributed by atoms with Crippen LogP contribution in [0.25, 0.3) is 11.2 Å². The average molecular weight is 642 g/mol. The number of nitrogens with zero attached hydrogens (tertiary/aromatic N) is 5. The molecule has 0 aliphatic carbocycles. The third kappa shape index (κ3) is 8.71. The lowest BCUT2D eigenvalue weighted by atomic mass is 9.97. The Bertz CT molecular complexity index is 1600. The first kappa shape index (κ1) is 34.1. The number of rotatable bonds is 12. The summed E-state index contributed by atoms with van der Waals surface area (Å²) in [7, 11) is 0. The van der Waals surface area contributed by atoms with Crippen LogP contribution in [0, 0.1) is 16.7 Å². The zero-order valence-corrected chi connectivity index (χ0v) is 27.4. The van der Waals surface area contributed by atoms with Gasteiger partial charge in [-0.15, -0.1) is 11.3 Å². The zero-order valence-electron chi connectivity index (χ0n) is 26.6. The van der Waals surface area contributed by atoms with Crippen molar-refractivity contribution in [2.24, 2.45) is 5.41 Å². The van der Waals surface area contributed by atoms with Gasteiger partial charge >= 0.3 is 0 Å². The highest BCUT2D eigenvalue weighted by molar-refractivity contribution is 7.14. The van der Waals surface area contributed by atoms with Gasteiger partial charge in [-0.25, -0.2) is 18.7 Å². The van der Waals surface area contributed by atoms with Gasteiger partial charge in [0.15, 0.2) is 5.65 Å². The molecule has 3 aromatic heterocycles. The largest absolute Gasteiger partial charge is 0.372 e. The van der Waals surface area contributed by atoms with Gasteiger partial charge < -0.3 is 15.0 Å². The van der Waals surface area contributed by atoms with E-state index in [4.69, 9.17) is 4.74 Å². The molecule has 0 bridgehead atoms. The van der Waals surface area contributed by atoms with Gasteiger partial charge in [-0.2, -0.15) is 5.26 Å². The average Bonchev–Trinajstić information content (AvgIpc) is 3.70. The van der Waals surface area contributed by atoms with Crippen molar-refractivity contribution in [2.45, 2.75) is 85.5 Å². The van der Waals surface area contributed by atoms with Gasteiger partial charge in [-0.3, -0.25) is 19.5 Å². The molecular formula is C32H41F2N7O3S. The standard InChI is InChI=1S/C32H41F2N7O3S/c1-7-44-32(5,6)14-21(15-35)29(43)40-12-8-9-22(40)18-41-27-23(13-20(17-37-27)16-36-19-31(2,3)4)38-30(41)39-28(42)25-11-10-24(45-25)26(33)34/h10-11,13-14,17,22,26,36H,7-9,12,16,18-19H2,1-6H3,(H,38,39,42)/t22-/m1/s1. The van der Waals surface area contributed by atoms with Gasteiger partial charge in [-0.05, 0) is 68.9 Å². The number of carbonyl (C=O) groups excluding carboxylic acids is 2. The van der Waals surface area contributed by atoms with E-state index in [1.165, 1.54) is 12.1 Å². The molecule has 10 nitrogen and oxygen atoms in total. The first-order valence-corrected chi connectivity index (χ1v) is 15.9. The van der Waals surface area contributed by atoms with Gasteiger partial charge in [0.25, 0.3) is 18.2 Å². The molecule has 1 aliphatic heterocycles. The Balaban J connectivity index is 1.65. The number of hydrogen-bond donors (Lipinski definition) is 2. The first-order valence-electron chi connectivity index (χ1n) is 15.0. The molecule has 2 N–H and O–H groups in total. The molecule has 4 rings (SSSR count). The first-order chi connectivity index (χ1) is 21.2. The Morgan fingerprint density at radius 2 is 2.02 bits per heavy atom. The summed E-state index contributed by atoms with van der Waals surface area (Å²) >= 11 is 0.722. The fraction of sp³-hybridized carbons (Fsp3) is 0.531. The van der Waals surface area contributed by atoms with Crippen molar-refractivity contribution in [3.8, 4) is 6.07 Å². The molecule has 0 spiro atoms. The predicted molar refractivity (Wildman–Crippen MR) is 170 cm³/mol. The van der Waals surface area contributed by atoms with E-state index in [2.05, 4.69) is 41.4 Å². The molecule has 0 aromatic carbocycles. The van der Waals surface area contributed by atoms with E-state index in [0.29, 0.717) is 37.3 Å². The van der Waals surface area contributed by atoms with Crippen LogP contribution in [0.4, 0.5) is 14.7 Å². The summed E-state index contributed by atoms with van der Waals surface area (Å²) in [6, 6.07) is 6.23. The van der Waals surface area contributed by atoms with E-state index in [1.807, 2.05) is 19.1 Å². The van der Waals surface area contributed by atoms with E-state index >= 15 is 0 Å². The molecule has 4 heterocycles. The van der Waals surface area contributed by atoms with Crippen molar-refractivity contribution in [3.63, 3.8) is 0 Å². The predicted octanol–water partition coefficient (Wildman–Crippen LogP) is 6.07. The number of anilines is 1. The summed E-state index contributed by atoms with van der Waals surface area (Å²) in [6.45, 7) is 14.4. The minimum atomic E-state index is -2.67. The van der Waals surface area contributed by atoms with Crippen molar-refractivity contribution >= 4 is 40.3 Å². The Morgan fingerprint density at radius 3 is 2.67 bits per heavy atom. The number of imidazole rings is 1. The van der Waals surface area contributed by atoms with E-state index in [9.17, 15) is 23.6 Å². The van der Waals surface area contributed by atoms with Gasteiger partial charge in [0.2, 0.25) is 5.95 Å². The molecule has 13 heteroatoms. The van der Waals surface area contributed by atoms with E-state index < -0.39 is 17.9 Å². The van der Waals surface area contributed by atoms with Gasteiger partial charge in [0.1, 0.15) is 17.2 Å². The number of pyridine rings is 1. The minimum Gasteiger partial charge on any atom is -0.372 e. The second-order valence-corrected chi connectivity index (χ2v) is 14.0. The summed E-state index contributed by atoms with van der Waals surface area (Å²) < 4.78 is 33.8. The van der Waals surface area contributed by atoms with Crippen molar-refractivity contribution in [3.05, 3.63) is 51.4 Å². The number of halogens is 2. The fourth-order valence-electron chi connectivity index (χ4n) is 5.32. The van der Waals surface area contributed by atoms with Crippen LogP contribution < -0.4 is 10.6 Å². The summed E-state index contributed by atoms with van der Waals surface area (Å²) in [5.74, 6) is -0.758. The highest BCUT2D eigenvalue weighted by Crippen LogP contribution is 2.29. The molecule has 45 heavy (non-hydrogen) atoms. The van der Waals surface area contributed by atoms with Gasteiger partial charge in [-0.1, -0.05) is 20.8 Å². The molecule has 0 unspecified atom stereocenters. The lowest BCUT2D eigenvalue weighted by Gasteiger charge is -2.27. The van der Waals surface area contributed by atoms with Crippen LogP contribution in [0.15, 0.2) is 36.0 Å². The van der Waals surface area contributed by atoms with Crippen LogP contribution in [0.5, 0.6) is 0 Å². The van der Waals surface area contributed by atoms with Crippen molar-refractivity contribution in [1.82, 2.24) is 24.8 Å². The van der Waals surface area contributed by atoms with Crippen LogP contribution in [0.1, 0.15) is 80.9 Å². The maximum atomic E-state index is 13.6. The number of carbonyl (C=O) groups is 2. The number of nitrogens with one attached hydrogen (secondary N) is 2. The maximum absolute atomic E-state index is 13.6. The van der Waals surface area contributed by atoms with E-state index in [-0.39, 0.29) is 45.2 Å². The number of nitriles is 1. The molecule has 3 aromatic rings. The number of hydrogen-bond acceptors (Lipinski definition) is 8. The van der Waals surface area contributed by atoms with E-state index in [0.717, 1.165) is 29.9 Å². The summed E-state index contributed by atoms with van der Waals surface area (Å²) in [5, 5.41) is 16.1. The topological polar surface area (TPSA) is 125 Å². The second kappa shape index (κ2) is 14.1. The number of thiophene rings is 1. The lowest BCUT2D eigenvalue weighted by Crippen LogP contribution is -2.39. The number of alkyl halides is 2. The number of aromatic nitrogens is 3. The Morgan fingerprint density at radius 1 is 1.27 bits per heavy atom. The van der Waals surface area contributed by atoms with Crippen LogP contribution in [-0.2, 0) is 22.6 Å². The normalized spacial score (nSPS) is 16.0. The van der Waals surface area contributed by atoms with E-state index in [1.54, 1.807) is 35.6 Å². The molecule has 1 saturated heterocycles. The quantitative estimate of drug-likeness (QED) is 0.182. The molecule has 1 fully saturated rings. The van der Waals surface area contributed by atoms with Crippen LogP contribution in [0.2, 0.25) is 0 Å². The second-order valence-electron chi connectivity index (χ2n) is 12.9. The van der Waals surface area contributed by atoms with Crippen molar-refractivity contribution in [1.29, 1.82) is 5.26 Å². The summed E-state index contributed by atoms with van der Waals surface area (Å²) in [4.78, 5) is 37.7. The molecule has 1 atom stereocenters. The third-order valence-electron chi connectivity index (χ3n) is 7.31. The lowest BCUT2D eigenvalue weighted by molar-refractivity contribution is -0.127. The monoisotopic (exact) mass is 641 g/mol. The third-order valence-corrected chi connectivity index (χ3v) is 8.40. The number of fused-ring (bicyclic) bond motifs is 1. The number of amides is 2. The molecule has 242 valence electrons. The molecule has 0 saturated carbocycles. The molecule has 1 aliphatic rings. The molecule has 2 amide bonds. The highest BCUT2D eigenvalue weighted by atomic mass is 32.1. The summed E-state index contributed by atoms with van der Waals surface area (Å²) in [5.41, 5.74) is 1.28. The Hall–Kier alpha value is -3.73. The van der Waals surface area contributed by atoms with Crippen LogP contribution >= 0.6 is 11.3 Å². The Labute approximate surface area is 266 Å². The van der Waals surface area contributed by atoms with Crippen LogP contribution in [0.3, 0.4) is 0 Å². The molecular weight excluding hydrogens is 600 g/mol. The molecule has 0 radical (unpaired) electrons. The number of ether oxygens (including phenoxy) is 1. The minimum absolute atomic E-state index is 0.00224. The van der Waals surface area contributed by atoms with Crippen molar-refractivity contribution in [2.75, 3.05) is 25.0 Å². The van der Waals surface area contributed by atoms with Gasteiger partial charge in [0, 0.05) is 39.0 Å². The zero-order chi connectivity index (χ0) is 32.9. The maximum Gasteiger partial charge on any atom is 0.272 e. The smallest absolute Gasteiger partial charge is 0.272 e. The number of likely N-dealkylation sites (tertiary alicyclic amines) is 1. The highest BCUT2D eigenvalue weighted by Gasteiger charge is 2.33. The van der Waals surface area contributed by atoms with Crippen molar-refractivity contribution < 1.29 is 23.1 Å². The van der Waals surface area contributed by atoms with Crippen LogP contribution in [-0.4, -0.2) is 62.6 Å². The summed E-state index contributed by atoms with van der Waals surface area (Å²) in [6.07, 6.45) is 2.04. The van der Waals surface area contributed by atoms with Gasteiger partial charge in [0.05, 0.1) is 21.4 Å². The fourth-order valence-corrected chi connectivity index (χ4v) is 6.08.